The van der Waals surface area contributed by atoms with E-state index in [4.69, 9.17) is 4.42 Å². The number of oxazole rings is 1. The Morgan fingerprint density at radius 2 is 2.41 bits per heavy atom. The number of aromatic nitrogens is 2. The van der Waals surface area contributed by atoms with Crippen LogP contribution in [-0.4, -0.2) is 20.8 Å². The number of aryl methyl sites for hydroxylation is 1. The smallest absolute Gasteiger partial charge is 0.406 e. The Hall–Kier alpha value is -1.62. The van der Waals surface area contributed by atoms with Gasteiger partial charge in [-0.15, -0.1) is 0 Å². The number of hydrogen-bond acceptors (Lipinski definition) is 4. The van der Waals surface area contributed by atoms with Gasteiger partial charge in [0.1, 0.15) is 0 Å². The van der Waals surface area contributed by atoms with Gasteiger partial charge in [0.2, 0.25) is 0 Å². The molecule has 2 heterocycles. The zero-order chi connectivity index (χ0) is 12.3. The molecule has 1 atom stereocenters. The van der Waals surface area contributed by atoms with Crippen LogP contribution in [0.1, 0.15) is 26.2 Å². The highest BCUT2D eigenvalue weighted by Crippen LogP contribution is 2.10. The summed E-state index contributed by atoms with van der Waals surface area (Å²) < 4.78 is 6.58. The van der Waals surface area contributed by atoms with Gasteiger partial charge in [0.05, 0.1) is 6.10 Å². The Labute approximate surface area is 98.7 Å². The molecule has 0 amide bonds. The number of hydrogen-bond donors (Lipinski definition) is 1. The molecule has 2 aromatic rings. The summed E-state index contributed by atoms with van der Waals surface area (Å²) in [6, 6.07) is 3.46. The van der Waals surface area contributed by atoms with Gasteiger partial charge in [-0.1, -0.05) is 6.92 Å². The molecule has 0 aliphatic carbocycles. The summed E-state index contributed by atoms with van der Waals surface area (Å²) in [5.74, 6) is -0.385. The molecule has 0 saturated heterocycles. The van der Waals surface area contributed by atoms with E-state index in [1.165, 1.54) is 4.57 Å². The Bertz CT molecular complexity index is 544. The summed E-state index contributed by atoms with van der Waals surface area (Å²) in [5.41, 5.74) is 1.08. The standard InChI is InChI=1S/C12H16N2O3/c1-2-9(15)5-4-8-14-11-10(17-12(14)16)6-3-7-13-11/h3,6-7,9,15H,2,4-5,8H2,1H3. The van der Waals surface area contributed by atoms with Gasteiger partial charge < -0.3 is 9.52 Å². The molecule has 17 heavy (non-hydrogen) atoms. The van der Waals surface area contributed by atoms with Gasteiger partial charge in [-0.2, -0.15) is 0 Å². The van der Waals surface area contributed by atoms with Crippen molar-refractivity contribution in [3.05, 3.63) is 28.9 Å². The Morgan fingerprint density at radius 1 is 1.59 bits per heavy atom. The Balaban J connectivity index is 2.13. The molecule has 92 valence electrons. The first-order valence-corrected chi connectivity index (χ1v) is 5.84. The van der Waals surface area contributed by atoms with Gasteiger partial charge in [0, 0.05) is 12.7 Å². The fourth-order valence-corrected chi connectivity index (χ4v) is 1.79. The fourth-order valence-electron chi connectivity index (χ4n) is 1.79. The maximum atomic E-state index is 11.6. The number of aliphatic hydroxyl groups excluding tert-OH is 1. The average Bonchev–Trinajstić information content (AvgIpc) is 2.66. The van der Waals surface area contributed by atoms with Crippen molar-refractivity contribution in [3.8, 4) is 0 Å². The molecule has 5 heteroatoms. The molecule has 2 rings (SSSR count). The lowest BCUT2D eigenvalue weighted by Gasteiger charge is -2.06. The summed E-state index contributed by atoms with van der Waals surface area (Å²) in [7, 11) is 0. The van der Waals surface area contributed by atoms with E-state index in [1.54, 1.807) is 18.3 Å². The number of pyridine rings is 1. The zero-order valence-corrected chi connectivity index (χ0v) is 9.80. The second-order valence-electron chi connectivity index (χ2n) is 4.05. The van der Waals surface area contributed by atoms with E-state index in [0.717, 1.165) is 12.8 Å². The number of nitrogens with zero attached hydrogens (tertiary/aromatic N) is 2. The zero-order valence-electron chi connectivity index (χ0n) is 9.80. The van der Waals surface area contributed by atoms with Gasteiger partial charge in [-0.25, -0.2) is 9.78 Å². The lowest BCUT2D eigenvalue weighted by atomic mass is 10.1. The average molecular weight is 236 g/mol. The third-order valence-electron chi connectivity index (χ3n) is 2.81. The van der Waals surface area contributed by atoms with Crippen molar-refractivity contribution in [2.45, 2.75) is 38.8 Å². The van der Waals surface area contributed by atoms with Crippen LogP contribution in [0.25, 0.3) is 11.2 Å². The minimum Gasteiger partial charge on any atom is -0.406 e. The second kappa shape index (κ2) is 5.14. The normalized spacial score (nSPS) is 13.1. The number of fused-ring (bicyclic) bond motifs is 1. The van der Waals surface area contributed by atoms with E-state index in [2.05, 4.69) is 4.98 Å². The number of rotatable bonds is 5. The molecule has 2 aromatic heterocycles. The largest absolute Gasteiger partial charge is 0.421 e. The summed E-state index contributed by atoms with van der Waals surface area (Å²) in [4.78, 5) is 15.7. The first-order valence-electron chi connectivity index (χ1n) is 5.84. The molecule has 0 bridgehead atoms. The monoisotopic (exact) mass is 236 g/mol. The Kier molecular flexibility index (Phi) is 3.58. The lowest BCUT2D eigenvalue weighted by molar-refractivity contribution is 0.155. The quantitative estimate of drug-likeness (QED) is 0.855. The van der Waals surface area contributed by atoms with E-state index in [9.17, 15) is 9.90 Å². The van der Waals surface area contributed by atoms with Gasteiger partial charge in [-0.3, -0.25) is 4.57 Å². The van der Waals surface area contributed by atoms with Crippen LogP contribution in [0.15, 0.2) is 27.5 Å². The van der Waals surface area contributed by atoms with Gasteiger partial charge in [-0.05, 0) is 31.4 Å². The van der Waals surface area contributed by atoms with Crippen LogP contribution < -0.4 is 5.76 Å². The van der Waals surface area contributed by atoms with E-state index >= 15 is 0 Å². The van der Waals surface area contributed by atoms with E-state index < -0.39 is 0 Å². The van der Waals surface area contributed by atoms with Gasteiger partial charge in [0.25, 0.3) is 0 Å². The van der Waals surface area contributed by atoms with E-state index in [0.29, 0.717) is 24.2 Å². The summed E-state index contributed by atoms with van der Waals surface area (Å²) in [5, 5.41) is 9.44. The van der Waals surface area contributed by atoms with Crippen molar-refractivity contribution in [2.75, 3.05) is 0 Å². The second-order valence-corrected chi connectivity index (χ2v) is 4.05. The molecule has 0 aliphatic rings. The summed E-state index contributed by atoms with van der Waals surface area (Å²) in [6.45, 7) is 2.46. The predicted molar refractivity (Wildman–Crippen MR) is 63.8 cm³/mol. The summed E-state index contributed by atoms with van der Waals surface area (Å²) in [6.07, 6.45) is 3.49. The van der Waals surface area contributed by atoms with Crippen LogP contribution in [0.3, 0.4) is 0 Å². The maximum Gasteiger partial charge on any atom is 0.421 e. The molecule has 0 radical (unpaired) electrons. The van der Waals surface area contributed by atoms with Crippen molar-refractivity contribution in [2.24, 2.45) is 0 Å². The fraction of sp³-hybridized carbons (Fsp3) is 0.500. The van der Waals surface area contributed by atoms with Crippen molar-refractivity contribution in [1.82, 2.24) is 9.55 Å². The number of aliphatic hydroxyl groups is 1. The van der Waals surface area contributed by atoms with Crippen LogP contribution in [-0.2, 0) is 6.54 Å². The van der Waals surface area contributed by atoms with Gasteiger partial charge in [0.15, 0.2) is 11.2 Å². The molecule has 0 fully saturated rings. The van der Waals surface area contributed by atoms with Crippen molar-refractivity contribution >= 4 is 11.2 Å². The molecule has 1 unspecified atom stereocenters. The van der Waals surface area contributed by atoms with Crippen LogP contribution in [0.4, 0.5) is 0 Å². The van der Waals surface area contributed by atoms with E-state index in [1.807, 2.05) is 6.92 Å². The highest BCUT2D eigenvalue weighted by molar-refractivity contribution is 5.67. The third-order valence-corrected chi connectivity index (χ3v) is 2.81. The van der Waals surface area contributed by atoms with Crippen LogP contribution >= 0.6 is 0 Å². The minimum atomic E-state index is -0.385. The minimum absolute atomic E-state index is 0.295. The van der Waals surface area contributed by atoms with Gasteiger partial charge >= 0.3 is 5.76 Å². The van der Waals surface area contributed by atoms with Crippen molar-refractivity contribution in [3.63, 3.8) is 0 Å². The van der Waals surface area contributed by atoms with Crippen LogP contribution in [0.2, 0.25) is 0 Å². The molecule has 5 nitrogen and oxygen atoms in total. The molecule has 1 N–H and O–H groups in total. The maximum absolute atomic E-state index is 11.6. The molecular weight excluding hydrogens is 220 g/mol. The molecular formula is C12H16N2O3. The van der Waals surface area contributed by atoms with Crippen LogP contribution in [0.5, 0.6) is 0 Å². The highest BCUT2D eigenvalue weighted by Gasteiger charge is 2.09. The lowest BCUT2D eigenvalue weighted by Crippen LogP contribution is -2.16. The summed E-state index contributed by atoms with van der Waals surface area (Å²) >= 11 is 0. The third kappa shape index (κ3) is 2.55. The highest BCUT2D eigenvalue weighted by atomic mass is 16.4. The molecule has 0 aliphatic heterocycles. The predicted octanol–water partition coefficient (Wildman–Crippen LogP) is 1.54. The SMILES string of the molecule is CCC(O)CCCn1c(=O)oc2cccnc21. The van der Waals surface area contributed by atoms with Crippen molar-refractivity contribution < 1.29 is 9.52 Å². The molecule has 0 aromatic carbocycles. The first-order chi connectivity index (χ1) is 8.22. The molecule has 0 saturated carbocycles. The van der Waals surface area contributed by atoms with Crippen molar-refractivity contribution in [1.29, 1.82) is 0 Å². The Morgan fingerprint density at radius 3 is 3.18 bits per heavy atom. The van der Waals surface area contributed by atoms with E-state index in [-0.39, 0.29) is 11.9 Å². The molecule has 0 spiro atoms. The van der Waals surface area contributed by atoms with Crippen LogP contribution in [0, 0.1) is 0 Å². The topological polar surface area (TPSA) is 68.3 Å². The first kappa shape index (κ1) is 11.9.